The van der Waals surface area contributed by atoms with Gasteiger partial charge in [0.05, 0.1) is 0 Å². The Hall–Kier alpha value is -2.10. The predicted octanol–water partition coefficient (Wildman–Crippen LogP) is 4.21. The molecule has 0 saturated carbocycles. The molecule has 1 unspecified atom stereocenters. The second kappa shape index (κ2) is 5.27. The topological polar surface area (TPSA) is 40.5 Å². The van der Waals surface area contributed by atoms with Crippen molar-refractivity contribution >= 4 is 0 Å². The number of phenolic OH excluding ortho intramolecular Hbond substituents is 2. The van der Waals surface area contributed by atoms with Crippen molar-refractivity contribution in [2.24, 2.45) is 0 Å². The van der Waals surface area contributed by atoms with E-state index in [1.807, 2.05) is 13.0 Å². The van der Waals surface area contributed by atoms with E-state index in [1.165, 1.54) is 12.1 Å². The van der Waals surface area contributed by atoms with Crippen LogP contribution >= 0.6 is 0 Å². The lowest BCUT2D eigenvalue weighted by Gasteiger charge is -2.30. The Bertz CT molecular complexity index is 727. The summed E-state index contributed by atoms with van der Waals surface area (Å²) in [6.45, 7) is 1.92. The lowest BCUT2D eigenvalue weighted by molar-refractivity contribution is 0.372. The van der Waals surface area contributed by atoms with E-state index < -0.39 is 22.8 Å². The summed E-state index contributed by atoms with van der Waals surface area (Å²) < 4.78 is 28.0. The molecule has 116 valence electrons. The van der Waals surface area contributed by atoms with Crippen LogP contribution in [0.5, 0.6) is 11.5 Å². The summed E-state index contributed by atoms with van der Waals surface area (Å²) >= 11 is 0. The molecule has 0 radical (unpaired) electrons. The summed E-state index contributed by atoms with van der Waals surface area (Å²) in [6, 6.07) is 7.90. The molecule has 2 aromatic rings. The van der Waals surface area contributed by atoms with Crippen molar-refractivity contribution < 1.29 is 19.0 Å². The van der Waals surface area contributed by atoms with Crippen LogP contribution in [0.15, 0.2) is 30.3 Å². The monoisotopic (exact) mass is 304 g/mol. The van der Waals surface area contributed by atoms with Crippen molar-refractivity contribution in [1.29, 1.82) is 0 Å². The summed E-state index contributed by atoms with van der Waals surface area (Å²) in [7, 11) is 0. The number of aryl methyl sites for hydroxylation is 1. The van der Waals surface area contributed by atoms with Crippen LogP contribution in [0.1, 0.15) is 36.5 Å². The molecule has 0 amide bonds. The third-order valence-corrected chi connectivity index (χ3v) is 4.66. The van der Waals surface area contributed by atoms with E-state index in [4.69, 9.17) is 0 Å². The van der Waals surface area contributed by atoms with Crippen molar-refractivity contribution in [3.8, 4) is 11.5 Å². The summed E-state index contributed by atoms with van der Waals surface area (Å²) in [5, 5.41) is 18.9. The van der Waals surface area contributed by atoms with Gasteiger partial charge in [-0.05, 0) is 66.0 Å². The van der Waals surface area contributed by atoms with Gasteiger partial charge < -0.3 is 10.2 Å². The van der Waals surface area contributed by atoms with Gasteiger partial charge in [0.25, 0.3) is 0 Å². The highest BCUT2D eigenvalue weighted by Gasteiger charge is 2.34. The van der Waals surface area contributed by atoms with Gasteiger partial charge in [-0.25, -0.2) is 4.39 Å². The van der Waals surface area contributed by atoms with Gasteiger partial charge in [0, 0.05) is 0 Å². The van der Waals surface area contributed by atoms with Crippen molar-refractivity contribution in [3.05, 3.63) is 58.7 Å². The summed E-state index contributed by atoms with van der Waals surface area (Å²) in [5.41, 5.74) is 1.86. The number of aromatic hydroxyl groups is 2. The van der Waals surface area contributed by atoms with E-state index in [2.05, 4.69) is 0 Å². The fourth-order valence-electron chi connectivity index (χ4n) is 3.43. The van der Waals surface area contributed by atoms with Gasteiger partial charge in [-0.3, -0.25) is 0 Å². The van der Waals surface area contributed by atoms with Crippen LogP contribution in [0.3, 0.4) is 0 Å². The Kier molecular flexibility index (Phi) is 3.55. The van der Waals surface area contributed by atoms with Gasteiger partial charge in [-0.1, -0.05) is 19.1 Å². The van der Waals surface area contributed by atoms with E-state index in [1.54, 1.807) is 12.1 Å². The first-order chi connectivity index (χ1) is 10.4. The first kappa shape index (κ1) is 14.8. The number of rotatable bonds is 1. The Morgan fingerprint density at radius 3 is 2.55 bits per heavy atom. The molecule has 2 nitrogen and oxygen atoms in total. The van der Waals surface area contributed by atoms with Gasteiger partial charge in [0.1, 0.15) is 5.75 Å². The van der Waals surface area contributed by atoms with Crippen molar-refractivity contribution in [2.45, 2.75) is 38.0 Å². The fraction of sp³-hybridized carbons (Fsp3) is 0.333. The molecule has 2 N–H and O–H groups in total. The van der Waals surface area contributed by atoms with Crippen LogP contribution in [-0.4, -0.2) is 10.2 Å². The Labute approximate surface area is 128 Å². The van der Waals surface area contributed by atoms with Crippen molar-refractivity contribution in [1.82, 2.24) is 0 Å². The van der Waals surface area contributed by atoms with Crippen LogP contribution in [0.4, 0.5) is 8.78 Å². The van der Waals surface area contributed by atoms with Crippen LogP contribution in [-0.2, 0) is 18.3 Å². The minimum absolute atomic E-state index is 0.226. The number of hydrogen-bond acceptors (Lipinski definition) is 2. The molecule has 0 saturated heterocycles. The molecule has 0 aromatic heterocycles. The van der Waals surface area contributed by atoms with E-state index in [9.17, 15) is 19.0 Å². The summed E-state index contributed by atoms with van der Waals surface area (Å²) in [4.78, 5) is 0. The second-order valence-corrected chi connectivity index (χ2v) is 6.30. The number of benzene rings is 2. The van der Waals surface area contributed by atoms with Crippen LogP contribution < -0.4 is 0 Å². The first-order valence-corrected chi connectivity index (χ1v) is 7.39. The molecule has 0 spiro atoms. The Balaban J connectivity index is 2.06. The minimum atomic E-state index is -1.19. The number of phenols is 2. The fourth-order valence-corrected chi connectivity index (χ4v) is 3.43. The largest absolute Gasteiger partial charge is 0.508 e. The van der Waals surface area contributed by atoms with E-state index >= 15 is 0 Å². The van der Waals surface area contributed by atoms with Crippen molar-refractivity contribution in [3.63, 3.8) is 0 Å². The normalized spacial score (nSPS) is 21.2. The average Bonchev–Trinajstić information content (AvgIpc) is 2.63. The molecule has 1 aliphatic rings. The molecule has 0 aliphatic heterocycles. The van der Waals surface area contributed by atoms with E-state index in [-0.39, 0.29) is 5.75 Å². The predicted molar refractivity (Wildman–Crippen MR) is 80.1 cm³/mol. The van der Waals surface area contributed by atoms with Gasteiger partial charge >= 0.3 is 0 Å². The highest BCUT2D eigenvalue weighted by atomic mass is 19.2. The van der Waals surface area contributed by atoms with Gasteiger partial charge in [-0.15, -0.1) is 0 Å². The lowest BCUT2D eigenvalue weighted by atomic mass is 9.75. The second-order valence-electron chi connectivity index (χ2n) is 6.30. The minimum Gasteiger partial charge on any atom is -0.508 e. The van der Waals surface area contributed by atoms with Crippen LogP contribution in [0.25, 0.3) is 0 Å². The van der Waals surface area contributed by atoms with E-state index in [0.29, 0.717) is 18.4 Å². The maximum atomic E-state index is 14.3. The zero-order valence-corrected chi connectivity index (χ0v) is 12.4. The van der Waals surface area contributed by atoms with Crippen LogP contribution in [0, 0.1) is 11.6 Å². The molecule has 0 heterocycles. The van der Waals surface area contributed by atoms with Gasteiger partial charge in [0.2, 0.25) is 5.82 Å². The van der Waals surface area contributed by atoms with Gasteiger partial charge in [-0.2, -0.15) is 4.39 Å². The molecule has 22 heavy (non-hydrogen) atoms. The molecular formula is C18H18F2O2. The zero-order chi connectivity index (χ0) is 15.9. The molecule has 4 heteroatoms. The molecule has 0 fully saturated rings. The Morgan fingerprint density at radius 1 is 1.00 bits per heavy atom. The lowest BCUT2D eigenvalue weighted by Crippen LogP contribution is -2.26. The maximum Gasteiger partial charge on any atom is 0.200 e. The van der Waals surface area contributed by atoms with Crippen molar-refractivity contribution in [2.75, 3.05) is 0 Å². The van der Waals surface area contributed by atoms with E-state index in [0.717, 1.165) is 24.0 Å². The third-order valence-electron chi connectivity index (χ3n) is 4.66. The average molecular weight is 304 g/mol. The molecule has 1 aliphatic carbocycles. The summed E-state index contributed by atoms with van der Waals surface area (Å²) in [5.74, 6) is -2.59. The molecule has 2 aromatic carbocycles. The standard InChI is InChI=1S/C18H18F2O2/c1-18(14-6-7-15(22)17(20)16(14)19)8-2-3-11-9-13(21)5-4-12(11)10-18/h4-7,9,21-22H,2-3,8,10H2,1H3. The number of fused-ring (bicyclic) bond motifs is 1. The first-order valence-electron chi connectivity index (χ1n) is 7.39. The molecule has 1 atom stereocenters. The van der Waals surface area contributed by atoms with Gasteiger partial charge in [0.15, 0.2) is 11.6 Å². The van der Waals surface area contributed by atoms with Crippen LogP contribution in [0.2, 0.25) is 0 Å². The third kappa shape index (κ3) is 2.43. The maximum absolute atomic E-state index is 14.3. The quantitative estimate of drug-likeness (QED) is 0.775. The Morgan fingerprint density at radius 2 is 1.77 bits per heavy atom. The number of halogens is 2. The highest BCUT2D eigenvalue weighted by molar-refractivity contribution is 5.41. The highest BCUT2D eigenvalue weighted by Crippen LogP contribution is 2.40. The molecule has 3 rings (SSSR count). The SMILES string of the molecule is CC1(c2ccc(O)c(F)c2F)CCCc2cc(O)ccc2C1. The zero-order valence-electron chi connectivity index (χ0n) is 12.4. The molecular weight excluding hydrogens is 286 g/mol. The summed E-state index contributed by atoms with van der Waals surface area (Å²) in [6.07, 6.45) is 2.92. The number of hydrogen-bond donors (Lipinski definition) is 2. The smallest absolute Gasteiger partial charge is 0.200 e. The molecule has 0 bridgehead atoms.